The third kappa shape index (κ3) is 4.72. The summed E-state index contributed by atoms with van der Waals surface area (Å²) >= 11 is 14.7. The molecule has 2 aliphatic heterocycles. The average molecular weight is 666 g/mol. The van der Waals surface area contributed by atoms with E-state index in [1.165, 1.54) is 6.07 Å². The van der Waals surface area contributed by atoms with Crippen LogP contribution in [0.15, 0.2) is 60.7 Å². The molecular weight excluding hydrogens is 639 g/mol. The molecule has 2 aliphatic rings. The Kier molecular flexibility index (Phi) is 7.26. The van der Waals surface area contributed by atoms with E-state index < -0.39 is 29.2 Å². The number of hydrogen-bond donors (Lipinski definition) is 3. The summed E-state index contributed by atoms with van der Waals surface area (Å²) in [6.45, 7) is 6.23. The Morgan fingerprint density at radius 2 is 1.82 bits per heavy atom. The molecule has 2 amide bonds. The van der Waals surface area contributed by atoms with E-state index in [-0.39, 0.29) is 27.8 Å². The number of carbonyl (C=O) groups excluding carboxylic acids is 2. The average Bonchev–Trinajstić information content (AvgIpc) is 3.31. The molecule has 0 bridgehead atoms. The van der Waals surface area contributed by atoms with Gasteiger partial charge in [-0.15, -0.1) is 0 Å². The van der Waals surface area contributed by atoms with Crippen LogP contribution in [0.5, 0.6) is 0 Å². The summed E-state index contributed by atoms with van der Waals surface area (Å²) in [7, 11) is 0. The van der Waals surface area contributed by atoms with Gasteiger partial charge in [-0.25, -0.2) is 4.39 Å². The van der Waals surface area contributed by atoms with E-state index in [1.54, 1.807) is 24.3 Å². The summed E-state index contributed by atoms with van der Waals surface area (Å²) in [5, 5.41) is 9.83. The van der Waals surface area contributed by atoms with Gasteiger partial charge in [-0.2, -0.15) is 0 Å². The molecule has 4 unspecified atom stereocenters. The van der Waals surface area contributed by atoms with E-state index in [0.29, 0.717) is 28.4 Å². The number of amides is 2. The number of anilines is 2. The highest BCUT2D eigenvalue weighted by Gasteiger charge is 2.66. The first-order valence-electron chi connectivity index (χ1n) is 12.3. The van der Waals surface area contributed by atoms with Gasteiger partial charge in [-0.3, -0.25) is 9.59 Å². The molecule has 3 N–H and O–H groups in total. The second-order valence-corrected chi connectivity index (χ2v) is 13.2. The van der Waals surface area contributed by atoms with Gasteiger partial charge in [-0.05, 0) is 88.0 Å². The maximum atomic E-state index is 15.8. The molecule has 0 aliphatic carbocycles. The molecule has 3 aromatic carbocycles. The van der Waals surface area contributed by atoms with E-state index in [4.69, 9.17) is 23.2 Å². The summed E-state index contributed by atoms with van der Waals surface area (Å²) < 4.78 is 16.8. The van der Waals surface area contributed by atoms with Crippen LogP contribution < -0.4 is 16.0 Å². The number of fused-ring (bicyclic) bond motifs is 2. The Balaban J connectivity index is 1.72. The zero-order valence-corrected chi connectivity index (χ0v) is 24.7. The van der Waals surface area contributed by atoms with Gasteiger partial charge in [-0.1, -0.05) is 62.2 Å². The Morgan fingerprint density at radius 1 is 1.11 bits per heavy atom. The summed E-state index contributed by atoms with van der Waals surface area (Å²) in [4.78, 5) is 28.0. The van der Waals surface area contributed by atoms with E-state index in [0.717, 1.165) is 3.57 Å². The van der Waals surface area contributed by atoms with Crippen LogP contribution in [0.2, 0.25) is 10.0 Å². The van der Waals surface area contributed by atoms with Gasteiger partial charge >= 0.3 is 0 Å². The first-order chi connectivity index (χ1) is 17.9. The molecule has 4 atom stereocenters. The first-order valence-corrected chi connectivity index (χ1v) is 14.1. The van der Waals surface area contributed by atoms with Crippen LogP contribution in [0, 0.1) is 14.8 Å². The number of benzene rings is 3. The van der Waals surface area contributed by atoms with Crippen molar-refractivity contribution in [3.8, 4) is 0 Å². The number of hydrogen-bond acceptors (Lipinski definition) is 3. The van der Waals surface area contributed by atoms with E-state index in [9.17, 15) is 9.59 Å². The Labute approximate surface area is 245 Å². The highest BCUT2D eigenvalue weighted by Crippen LogP contribution is 2.57. The lowest BCUT2D eigenvalue weighted by molar-refractivity contribution is -0.122. The van der Waals surface area contributed by atoms with Gasteiger partial charge < -0.3 is 16.0 Å². The monoisotopic (exact) mass is 665 g/mol. The highest BCUT2D eigenvalue weighted by molar-refractivity contribution is 14.1. The van der Waals surface area contributed by atoms with E-state index in [2.05, 4.69) is 59.3 Å². The van der Waals surface area contributed by atoms with Gasteiger partial charge in [0.2, 0.25) is 11.8 Å². The molecule has 0 saturated carbocycles. The van der Waals surface area contributed by atoms with Crippen molar-refractivity contribution in [1.82, 2.24) is 5.32 Å². The lowest BCUT2D eigenvalue weighted by Gasteiger charge is -2.37. The predicted octanol–water partition coefficient (Wildman–Crippen LogP) is 7.13. The van der Waals surface area contributed by atoms with Crippen LogP contribution in [0.25, 0.3) is 0 Å². The maximum absolute atomic E-state index is 15.8. The van der Waals surface area contributed by atoms with Crippen LogP contribution in [0.1, 0.15) is 44.2 Å². The molecule has 9 heteroatoms. The lowest BCUT2D eigenvalue weighted by Crippen LogP contribution is -2.49. The van der Waals surface area contributed by atoms with E-state index >= 15 is 4.39 Å². The highest BCUT2D eigenvalue weighted by atomic mass is 127. The SMILES string of the molecule is CC(C)(C)CC1NC(C(=O)Nc2ccc(I)cc2)C(c2cccc(Cl)c2F)C12C(=O)Nc1cc(Cl)ccc12. The molecule has 5 rings (SSSR count). The van der Waals surface area contributed by atoms with Crippen LogP contribution in [0.4, 0.5) is 15.8 Å². The minimum absolute atomic E-state index is 0.0663. The fraction of sp³-hybridized carbons (Fsp3) is 0.310. The second kappa shape index (κ2) is 10.1. The molecule has 1 spiro atoms. The topological polar surface area (TPSA) is 70.2 Å². The Morgan fingerprint density at radius 3 is 2.50 bits per heavy atom. The Hall–Kier alpha value is -2.20. The second-order valence-electron chi connectivity index (χ2n) is 11.1. The molecule has 2 heterocycles. The quantitative estimate of drug-likeness (QED) is 0.260. The van der Waals surface area contributed by atoms with Crippen LogP contribution in [-0.4, -0.2) is 23.9 Å². The lowest BCUT2D eigenvalue weighted by atomic mass is 9.62. The summed E-state index contributed by atoms with van der Waals surface area (Å²) in [5.74, 6) is -2.19. The van der Waals surface area contributed by atoms with Gasteiger partial charge in [0.25, 0.3) is 0 Å². The number of halogens is 4. The summed E-state index contributed by atoms with van der Waals surface area (Å²) in [6.07, 6.45) is 0.550. The smallest absolute Gasteiger partial charge is 0.242 e. The predicted molar refractivity (Wildman–Crippen MR) is 158 cm³/mol. The fourth-order valence-corrected chi connectivity index (χ4v) is 6.62. The first kappa shape index (κ1) is 27.4. The minimum atomic E-state index is -1.28. The van der Waals surface area contributed by atoms with Gasteiger partial charge in [0.1, 0.15) is 11.2 Å². The minimum Gasteiger partial charge on any atom is -0.325 e. The van der Waals surface area contributed by atoms with Crippen molar-refractivity contribution in [1.29, 1.82) is 0 Å². The molecule has 5 nitrogen and oxygen atoms in total. The van der Waals surface area contributed by atoms with Crippen molar-refractivity contribution < 1.29 is 14.0 Å². The molecular formula is C29H27Cl2FIN3O2. The number of nitrogens with one attached hydrogen (secondary N) is 3. The fourth-order valence-electron chi connectivity index (χ4n) is 5.91. The Bertz CT molecular complexity index is 1430. The van der Waals surface area contributed by atoms with Gasteiger partial charge in [0, 0.05) is 31.9 Å². The largest absolute Gasteiger partial charge is 0.325 e. The third-order valence-electron chi connectivity index (χ3n) is 7.33. The van der Waals surface area contributed by atoms with Crippen molar-refractivity contribution >= 4 is 69.0 Å². The van der Waals surface area contributed by atoms with Crippen LogP contribution in [0.3, 0.4) is 0 Å². The standard InChI is InChI=1S/C29H27Cl2FIN3O2/c1-28(2,3)14-22-29(19-12-7-15(30)13-21(19)35-27(29)38)23(18-5-4-6-20(31)24(18)32)25(36-22)26(37)34-17-10-8-16(33)9-11-17/h4-13,22-23,25,36H,14H2,1-3H3,(H,34,37)(H,35,38). The maximum Gasteiger partial charge on any atom is 0.242 e. The molecule has 1 saturated heterocycles. The molecule has 198 valence electrons. The van der Waals surface area contributed by atoms with Crippen molar-refractivity contribution in [2.75, 3.05) is 10.6 Å². The number of carbonyl (C=O) groups is 2. The van der Waals surface area contributed by atoms with Crippen LogP contribution >= 0.6 is 45.8 Å². The summed E-state index contributed by atoms with van der Waals surface area (Å²) in [6, 6.07) is 15.9. The normalized spacial score (nSPS) is 24.4. The van der Waals surface area contributed by atoms with Crippen molar-refractivity contribution in [2.24, 2.45) is 5.41 Å². The van der Waals surface area contributed by atoms with Gasteiger partial charge in [0.15, 0.2) is 0 Å². The summed E-state index contributed by atoms with van der Waals surface area (Å²) in [5.41, 5.74) is 0.573. The third-order valence-corrected chi connectivity index (χ3v) is 8.58. The van der Waals surface area contributed by atoms with Crippen LogP contribution in [-0.2, 0) is 15.0 Å². The van der Waals surface area contributed by atoms with E-state index in [1.807, 2.05) is 30.3 Å². The van der Waals surface area contributed by atoms with Crippen molar-refractivity contribution in [3.05, 3.63) is 91.2 Å². The number of rotatable bonds is 4. The van der Waals surface area contributed by atoms with Crippen molar-refractivity contribution in [3.63, 3.8) is 0 Å². The zero-order chi connectivity index (χ0) is 27.4. The molecule has 3 aromatic rings. The van der Waals surface area contributed by atoms with Gasteiger partial charge in [0.05, 0.1) is 11.1 Å². The molecule has 0 radical (unpaired) electrons. The van der Waals surface area contributed by atoms with Crippen molar-refractivity contribution in [2.45, 2.75) is 50.6 Å². The molecule has 38 heavy (non-hydrogen) atoms. The molecule has 0 aromatic heterocycles. The zero-order valence-electron chi connectivity index (χ0n) is 21.0. The molecule has 1 fully saturated rings.